The largest absolute Gasteiger partial charge is 0.492 e. The van der Waals surface area contributed by atoms with Gasteiger partial charge in [-0.25, -0.2) is 0 Å². The number of hydrogen-bond acceptors (Lipinski definition) is 3. The van der Waals surface area contributed by atoms with Crippen molar-refractivity contribution >= 4 is 23.2 Å². The summed E-state index contributed by atoms with van der Waals surface area (Å²) in [5.41, 5.74) is -1.38. The van der Waals surface area contributed by atoms with Gasteiger partial charge in [0.2, 0.25) is 11.8 Å². The lowest BCUT2D eigenvalue weighted by Crippen LogP contribution is -2.35. The van der Waals surface area contributed by atoms with E-state index in [4.69, 9.17) is 4.74 Å². The molecule has 0 atom stereocenters. The maximum Gasteiger partial charge on any atom is 0.416 e. The molecule has 3 rings (SSSR count). The molecule has 5 nitrogen and oxygen atoms in total. The highest BCUT2D eigenvalue weighted by atomic mass is 19.4. The van der Waals surface area contributed by atoms with Crippen molar-refractivity contribution in [2.45, 2.75) is 25.9 Å². The summed E-state index contributed by atoms with van der Waals surface area (Å²) in [5, 5.41) is 5.25. The van der Waals surface area contributed by atoms with Gasteiger partial charge in [0.1, 0.15) is 11.2 Å². The van der Waals surface area contributed by atoms with E-state index in [9.17, 15) is 22.8 Å². The zero-order valence-corrected chi connectivity index (χ0v) is 15.1. The number of halogens is 3. The van der Waals surface area contributed by atoms with E-state index in [1.165, 1.54) is 12.1 Å². The van der Waals surface area contributed by atoms with Crippen LogP contribution in [-0.2, 0) is 15.8 Å². The second-order valence-electron chi connectivity index (χ2n) is 6.49. The van der Waals surface area contributed by atoms with Crippen molar-refractivity contribution in [1.29, 1.82) is 0 Å². The van der Waals surface area contributed by atoms with Gasteiger partial charge in [-0.1, -0.05) is 12.1 Å². The highest BCUT2D eigenvalue weighted by Crippen LogP contribution is 2.48. The van der Waals surface area contributed by atoms with Gasteiger partial charge in [-0.15, -0.1) is 0 Å². The fraction of sp³-hybridized carbons (Fsp3) is 0.300. The fourth-order valence-corrected chi connectivity index (χ4v) is 2.77. The lowest BCUT2D eigenvalue weighted by molar-refractivity contribution is -0.137. The van der Waals surface area contributed by atoms with E-state index in [2.05, 4.69) is 10.6 Å². The van der Waals surface area contributed by atoms with Crippen molar-refractivity contribution in [3.05, 3.63) is 54.1 Å². The molecule has 28 heavy (non-hydrogen) atoms. The Hall–Kier alpha value is -3.03. The van der Waals surface area contributed by atoms with Crippen LogP contribution in [0.15, 0.2) is 48.5 Å². The fourth-order valence-electron chi connectivity index (χ4n) is 2.77. The van der Waals surface area contributed by atoms with Crippen molar-refractivity contribution in [2.24, 2.45) is 5.41 Å². The molecule has 0 bridgehead atoms. The Kier molecular flexibility index (Phi) is 5.31. The minimum absolute atomic E-state index is 0.201. The molecule has 1 fully saturated rings. The molecule has 0 spiro atoms. The normalized spacial score (nSPS) is 14.9. The van der Waals surface area contributed by atoms with Crippen LogP contribution in [-0.4, -0.2) is 18.4 Å². The van der Waals surface area contributed by atoms with Crippen LogP contribution in [0.2, 0.25) is 0 Å². The zero-order chi connectivity index (χ0) is 20.4. The molecule has 2 N–H and O–H groups in total. The predicted octanol–water partition coefficient (Wildman–Crippen LogP) is 4.46. The van der Waals surface area contributed by atoms with Gasteiger partial charge in [0.25, 0.3) is 0 Å². The van der Waals surface area contributed by atoms with Gasteiger partial charge in [-0.2, -0.15) is 13.2 Å². The van der Waals surface area contributed by atoms with E-state index in [0.717, 1.165) is 12.1 Å². The molecule has 0 unspecified atom stereocenters. The molecule has 8 heteroatoms. The molecule has 0 radical (unpaired) electrons. The van der Waals surface area contributed by atoms with Crippen LogP contribution in [0.4, 0.5) is 24.5 Å². The molecule has 0 aromatic heterocycles. The summed E-state index contributed by atoms with van der Waals surface area (Å²) >= 11 is 0. The third-order valence-corrected chi connectivity index (χ3v) is 4.52. The van der Waals surface area contributed by atoms with Gasteiger partial charge in [0.15, 0.2) is 0 Å². The summed E-state index contributed by atoms with van der Waals surface area (Å²) < 4.78 is 43.4. The Bertz CT molecular complexity index is 875. The second-order valence-corrected chi connectivity index (χ2v) is 6.49. The van der Waals surface area contributed by atoms with E-state index in [1.54, 1.807) is 24.3 Å². The van der Waals surface area contributed by atoms with Crippen LogP contribution >= 0.6 is 0 Å². The van der Waals surface area contributed by atoms with E-state index in [1.807, 2.05) is 6.92 Å². The van der Waals surface area contributed by atoms with Gasteiger partial charge in [-0.3, -0.25) is 9.59 Å². The maximum atomic E-state index is 12.7. The molecular formula is C20H19F3N2O3. The molecule has 148 valence electrons. The molecule has 1 saturated carbocycles. The monoisotopic (exact) mass is 392 g/mol. The Labute approximate surface area is 159 Å². The highest BCUT2D eigenvalue weighted by Gasteiger charge is 2.56. The number of ether oxygens (including phenoxy) is 1. The number of carbonyl (C=O) groups is 2. The average Bonchev–Trinajstić information content (AvgIpc) is 3.45. The molecule has 0 saturated heterocycles. The van der Waals surface area contributed by atoms with Crippen LogP contribution in [0.5, 0.6) is 5.75 Å². The maximum absolute atomic E-state index is 12.7. The standard InChI is InChI=1S/C20H19F3N2O3/c1-2-28-16-6-4-3-5-15(16)25-18(27)19(11-12-19)17(26)24-14-9-7-13(8-10-14)20(21,22)23/h3-10H,2,11-12H2,1H3,(H,24,26)(H,25,27). The average molecular weight is 392 g/mol. The smallest absolute Gasteiger partial charge is 0.416 e. The number of benzene rings is 2. The minimum atomic E-state index is -4.45. The third kappa shape index (κ3) is 4.11. The molecule has 1 aliphatic carbocycles. The quantitative estimate of drug-likeness (QED) is 0.714. The van der Waals surface area contributed by atoms with Gasteiger partial charge >= 0.3 is 6.18 Å². The van der Waals surface area contributed by atoms with Crippen molar-refractivity contribution < 1.29 is 27.5 Å². The van der Waals surface area contributed by atoms with Crippen LogP contribution < -0.4 is 15.4 Å². The summed E-state index contributed by atoms with van der Waals surface area (Å²) in [5.74, 6) is -0.514. The lowest BCUT2D eigenvalue weighted by Gasteiger charge is -2.17. The van der Waals surface area contributed by atoms with Crippen LogP contribution in [0.3, 0.4) is 0 Å². The summed E-state index contributed by atoms with van der Waals surface area (Å²) in [6, 6.07) is 11.0. The Morgan fingerprint density at radius 2 is 1.61 bits per heavy atom. The van der Waals surface area contributed by atoms with Crippen molar-refractivity contribution in [2.75, 3.05) is 17.2 Å². The van der Waals surface area contributed by atoms with Gasteiger partial charge in [0.05, 0.1) is 17.9 Å². The summed E-state index contributed by atoms with van der Waals surface area (Å²) in [6.45, 7) is 2.24. The molecule has 2 aromatic rings. The van der Waals surface area contributed by atoms with E-state index >= 15 is 0 Å². The van der Waals surface area contributed by atoms with E-state index < -0.39 is 29.0 Å². The van der Waals surface area contributed by atoms with Crippen molar-refractivity contribution in [1.82, 2.24) is 0 Å². The first-order valence-corrected chi connectivity index (χ1v) is 8.78. The van der Waals surface area contributed by atoms with Gasteiger partial charge in [0, 0.05) is 5.69 Å². The van der Waals surface area contributed by atoms with Crippen LogP contribution in [0.1, 0.15) is 25.3 Å². The number of amides is 2. The molecule has 0 aliphatic heterocycles. The topological polar surface area (TPSA) is 67.4 Å². The number of hydrogen-bond donors (Lipinski definition) is 2. The Morgan fingerprint density at radius 3 is 2.18 bits per heavy atom. The number of alkyl halides is 3. The molecule has 2 amide bonds. The van der Waals surface area contributed by atoms with Crippen LogP contribution in [0.25, 0.3) is 0 Å². The predicted molar refractivity (Wildman–Crippen MR) is 98.0 cm³/mol. The van der Waals surface area contributed by atoms with Crippen LogP contribution in [0, 0.1) is 5.41 Å². The van der Waals surface area contributed by atoms with Crippen molar-refractivity contribution in [3.8, 4) is 5.75 Å². The van der Waals surface area contributed by atoms with E-state index in [0.29, 0.717) is 30.9 Å². The molecule has 1 aliphatic rings. The molecule has 2 aromatic carbocycles. The summed E-state index contributed by atoms with van der Waals surface area (Å²) in [6.07, 6.45) is -3.72. The highest BCUT2D eigenvalue weighted by molar-refractivity contribution is 6.17. The van der Waals surface area contributed by atoms with Gasteiger partial charge < -0.3 is 15.4 Å². The first-order valence-electron chi connectivity index (χ1n) is 8.78. The zero-order valence-electron chi connectivity index (χ0n) is 15.1. The minimum Gasteiger partial charge on any atom is -0.492 e. The molecular weight excluding hydrogens is 373 g/mol. The van der Waals surface area contributed by atoms with Crippen molar-refractivity contribution in [3.63, 3.8) is 0 Å². The van der Waals surface area contributed by atoms with E-state index in [-0.39, 0.29) is 5.69 Å². The lowest BCUT2D eigenvalue weighted by atomic mass is 10.0. The SMILES string of the molecule is CCOc1ccccc1NC(=O)C1(C(=O)Nc2ccc(C(F)(F)F)cc2)CC1. The Balaban J connectivity index is 1.69. The molecule has 0 heterocycles. The number of rotatable bonds is 6. The summed E-state index contributed by atoms with van der Waals surface area (Å²) in [4.78, 5) is 25.3. The first-order chi connectivity index (χ1) is 13.3. The number of para-hydroxylation sites is 2. The number of nitrogens with one attached hydrogen (secondary N) is 2. The second kappa shape index (κ2) is 7.53. The number of anilines is 2. The summed E-state index contributed by atoms with van der Waals surface area (Å²) in [7, 11) is 0. The van der Waals surface area contributed by atoms with Gasteiger partial charge in [-0.05, 0) is 56.2 Å². The number of carbonyl (C=O) groups excluding carboxylic acids is 2. The first kappa shape index (κ1) is 19.7. The third-order valence-electron chi connectivity index (χ3n) is 4.52. The Morgan fingerprint density at radius 1 is 1.00 bits per heavy atom.